The number of piperidine rings is 2. The Morgan fingerprint density at radius 2 is 2.00 bits per heavy atom. The summed E-state index contributed by atoms with van der Waals surface area (Å²) in [7, 11) is -0.193. The van der Waals surface area contributed by atoms with E-state index in [1.807, 2.05) is 12.1 Å². The smallest absolute Gasteiger partial charge is 0.281 e. The molecule has 2 saturated heterocycles. The molecule has 0 radical (unpaired) electrons. The summed E-state index contributed by atoms with van der Waals surface area (Å²) in [5.74, 6) is 0.0927. The molecule has 1 unspecified atom stereocenters. The van der Waals surface area contributed by atoms with E-state index < -0.39 is 10.2 Å². The number of nitrogens with one attached hydrogen (secondary N) is 1. The standard InChI is InChI=1S/C19H31N5O3S/c1-22(2)28(26,27)24-11-7-18(8-12-24)23-10-4-6-17(15-23)19(25)21-14-16-5-3-9-20-13-16/h3,5,9,13,17-18H,4,6-8,10-12,14-15H2,1-2H3,(H,21,25). The fraction of sp³-hybridized carbons (Fsp3) is 0.684. The van der Waals surface area contributed by atoms with E-state index in [9.17, 15) is 13.2 Å². The van der Waals surface area contributed by atoms with E-state index in [2.05, 4.69) is 15.2 Å². The van der Waals surface area contributed by atoms with Gasteiger partial charge >= 0.3 is 0 Å². The van der Waals surface area contributed by atoms with Gasteiger partial charge in [-0.15, -0.1) is 0 Å². The molecule has 156 valence electrons. The van der Waals surface area contributed by atoms with Crippen molar-refractivity contribution in [1.82, 2.24) is 23.8 Å². The molecule has 0 aliphatic carbocycles. The monoisotopic (exact) mass is 409 g/mol. The van der Waals surface area contributed by atoms with E-state index in [1.54, 1.807) is 30.8 Å². The van der Waals surface area contributed by atoms with Crippen molar-refractivity contribution in [1.29, 1.82) is 0 Å². The normalized spacial score (nSPS) is 23.0. The molecule has 0 aromatic carbocycles. The first-order chi connectivity index (χ1) is 13.4. The molecule has 3 heterocycles. The highest BCUT2D eigenvalue weighted by molar-refractivity contribution is 7.86. The Hall–Kier alpha value is -1.55. The van der Waals surface area contributed by atoms with E-state index in [4.69, 9.17) is 0 Å². The summed E-state index contributed by atoms with van der Waals surface area (Å²) in [5, 5.41) is 3.03. The Kier molecular flexibility index (Phi) is 7.03. The molecule has 0 spiro atoms. The molecule has 2 fully saturated rings. The molecular weight excluding hydrogens is 378 g/mol. The van der Waals surface area contributed by atoms with E-state index >= 15 is 0 Å². The number of carbonyl (C=O) groups is 1. The highest BCUT2D eigenvalue weighted by Gasteiger charge is 2.34. The fourth-order valence-corrected chi connectivity index (χ4v) is 5.19. The molecule has 1 atom stereocenters. The summed E-state index contributed by atoms with van der Waals surface area (Å²) < 4.78 is 27.4. The first-order valence-corrected chi connectivity index (χ1v) is 11.4. The van der Waals surface area contributed by atoms with Crippen molar-refractivity contribution >= 4 is 16.1 Å². The maximum absolute atomic E-state index is 12.6. The van der Waals surface area contributed by atoms with Gasteiger partial charge in [-0.25, -0.2) is 0 Å². The van der Waals surface area contributed by atoms with E-state index in [-0.39, 0.29) is 11.8 Å². The summed E-state index contributed by atoms with van der Waals surface area (Å²) in [6.45, 7) is 3.32. The lowest BCUT2D eigenvalue weighted by molar-refractivity contribution is -0.127. The molecule has 1 aromatic rings. The number of amides is 1. The average Bonchev–Trinajstić information content (AvgIpc) is 2.73. The molecular formula is C19H31N5O3S. The van der Waals surface area contributed by atoms with Gasteiger partial charge in [0.1, 0.15) is 0 Å². The van der Waals surface area contributed by atoms with Gasteiger partial charge in [-0.3, -0.25) is 14.7 Å². The van der Waals surface area contributed by atoms with Gasteiger partial charge in [-0.05, 0) is 43.9 Å². The van der Waals surface area contributed by atoms with Crippen LogP contribution in [0, 0.1) is 5.92 Å². The molecule has 1 amide bonds. The topological polar surface area (TPSA) is 85.9 Å². The quantitative estimate of drug-likeness (QED) is 0.747. The van der Waals surface area contributed by atoms with Crippen LogP contribution in [0.4, 0.5) is 0 Å². The van der Waals surface area contributed by atoms with Gasteiger partial charge in [-0.1, -0.05) is 6.07 Å². The Bertz CT molecular complexity index is 748. The zero-order valence-electron chi connectivity index (χ0n) is 16.7. The minimum absolute atomic E-state index is 0.00559. The summed E-state index contributed by atoms with van der Waals surface area (Å²) >= 11 is 0. The van der Waals surface area contributed by atoms with Crippen LogP contribution in [-0.2, 0) is 21.5 Å². The maximum atomic E-state index is 12.6. The first-order valence-electron chi connectivity index (χ1n) is 9.96. The van der Waals surface area contributed by atoms with Gasteiger partial charge in [0, 0.05) is 58.7 Å². The summed E-state index contributed by atoms with van der Waals surface area (Å²) in [6, 6.07) is 4.17. The van der Waals surface area contributed by atoms with Crippen molar-refractivity contribution < 1.29 is 13.2 Å². The zero-order valence-corrected chi connectivity index (χ0v) is 17.6. The molecule has 28 heavy (non-hydrogen) atoms. The SMILES string of the molecule is CN(C)S(=O)(=O)N1CCC(N2CCCC(C(=O)NCc3cccnc3)C2)CC1. The van der Waals surface area contributed by atoms with E-state index in [0.29, 0.717) is 25.7 Å². The fourth-order valence-electron chi connectivity index (χ4n) is 4.06. The third-order valence-corrected chi connectivity index (χ3v) is 7.68. The second-order valence-electron chi connectivity index (χ2n) is 7.83. The van der Waals surface area contributed by atoms with Gasteiger partial charge in [0.15, 0.2) is 0 Å². The minimum atomic E-state index is -3.33. The van der Waals surface area contributed by atoms with E-state index in [0.717, 1.165) is 44.3 Å². The second kappa shape index (κ2) is 9.30. The molecule has 8 nitrogen and oxygen atoms in total. The van der Waals surface area contributed by atoms with Gasteiger partial charge in [0.05, 0.1) is 5.92 Å². The molecule has 9 heteroatoms. The number of likely N-dealkylation sites (tertiary alicyclic amines) is 1. The van der Waals surface area contributed by atoms with Crippen molar-refractivity contribution in [2.45, 2.75) is 38.3 Å². The van der Waals surface area contributed by atoms with Crippen LogP contribution >= 0.6 is 0 Å². The molecule has 1 aromatic heterocycles. The highest BCUT2D eigenvalue weighted by Crippen LogP contribution is 2.25. The highest BCUT2D eigenvalue weighted by atomic mass is 32.2. The van der Waals surface area contributed by atoms with Crippen molar-refractivity contribution in [2.75, 3.05) is 40.3 Å². The van der Waals surface area contributed by atoms with Crippen molar-refractivity contribution in [3.05, 3.63) is 30.1 Å². The van der Waals surface area contributed by atoms with Crippen LogP contribution in [0.2, 0.25) is 0 Å². The number of rotatable bonds is 6. The van der Waals surface area contributed by atoms with Crippen LogP contribution < -0.4 is 5.32 Å². The molecule has 2 aliphatic rings. The molecule has 1 N–H and O–H groups in total. The number of pyridine rings is 1. The number of nitrogens with zero attached hydrogens (tertiary/aromatic N) is 4. The number of aromatic nitrogens is 1. The zero-order chi connectivity index (χ0) is 20.1. The van der Waals surface area contributed by atoms with Crippen molar-refractivity contribution in [3.63, 3.8) is 0 Å². The number of hydrogen-bond acceptors (Lipinski definition) is 5. The summed E-state index contributed by atoms with van der Waals surface area (Å²) in [4.78, 5) is 19.1. The predicted octanol–water partition coefficient (Wildman–Crippen LogP) is 0.681. The lowest BCUT2D eigenvalue weighted by Crippen LogP contribution is -2.52. The van der Waals surface area contributed by atoms with Gasteiger partial charge < -0.3 is 5.32 Å². The molecule has 3 rings (SSSR count). The predicted molar refractivity (Wildman–Crippen MR) is 108 cm³/mol. The van der Waals surface area contributed by atoms with Crippen LogP contribution in [0.15, 0.2) is 24.5 Å². The maximum Gasteiger partial charge on any atom is 0.281 e. The third-order valence-electron chi connectivity index (χ3n) is 5.74. The molecule has 0 bridgehead atoms. The lowest BCUT2D eigenvalue weighted by atomic mass is 9.93. The number of carbonyl (C=O) groups excluding carboxylic acids is 1. The van der Waals surface area contributed by atoms with Crippen molar-refractivity contribution in [2.24, 2.45) is 5.92 Å². The van der Waals surface area contributed by atoms with Gasteiger partial charge in [0.2, 0.25) is 5.91 Å². The Morgan fingerprint density at radius 3 is 2.64 bits per heavy atom. The number of hydrogen-bond donors (Lipinski definition) is 1. The summed E-state index contributed by atoms with van der Waals surface area (Å²) in [6.07, 6.45) is 7.03. The Balaban J connectivity index is 1.49. The summed E-state index contributed by atoms with van der Waals surface area (Å²) in [5.41, 5.74) is 0.998. The van der Waals surface area contributed by atoms with Crippen LogP contribution in [0.25, 0.3) is 0 Å². The van der Waals surface area contributed by atoms with Crippen LogP contribution in [0.1, 0.15) is 31.2 Å². The van der Waals surface area contributed by atoms with Crippen molar-refractivity contribution in [3.8, 4) is 0 Å². The Labute approximate surface area is 168 Å². The molecule has 0 saturated carbocycles. The van der Waals surface area contributed by atoms with Gasteiger partial charge in [-0.2, -0.15) is 17.0 Å². The first kappa shape index (κ1) is 21.2. The second-order valence-corrected chi connectivity index (χ2v) is 9.98. The van der Waals surface area contributed by atoms with Gasteiger partial charge in [0.25, 0.3) is 10.2 Å². The third kappa shape index (κ3) is 5.08. The van der Waals surface area contributed by atoms with Crippen LogP contribution in [0.5, 0.6) is 0 Å². The van der Waals surface area contributed by atoms with Crippen LogP contribution in [-0.4, -0.2) is 79.1 Å². The van der Waals surface area contributed by atoms with Crippen LogP contribution in [0.3, 0.4) is 0 Å². The average molecular weight is 410 g/mol. The molecule has 2 aliphatic heterocycles. The lowest BCUT2D eigenvalue weighted by Gasteiger charge is -2.42. The Morgan fingerprint density at radius 1 is 1.25 bits per heavy atom. The largest absolute Gasteiger partial charge is 0.352 e. The minimum Gasteiger partial charge on any atom is -0.352 e. The van der Waals surface area contributed by atoms with E-state index in [1.165, 1.54) is 4.31 Å².